The van der Waals surface area contributed by atoms with Crippen LogP contribution in [0.2, 0.25) is 0 Å². The third-order valence-corrected chi connectivity index (χ3v) is 4.54. The van der Waals surface area contributed by atoms with Gasteiger partial charge in [0.25, 0.3) is 0 Å². The van der Waals surface area contributed by atoms with Crippen molar-refractivity contribution in [2.45, 2.75) is 20.3 Å². The van der Waals surface area contributed by atoms with Crippen molar-refractivity contribution in [2.75, 3.05) is 12.4 Å². The van der Waals surface area contributed by atoms with Crippen LogP contribution in [0.1, 0.15) is 22.6 Å². The van der Waals surface area contributed by atoms with E-state index in [1.165, 1.54) is 5.39 Å². The molecule has 2 N–H and O–H groups in total. The fraction of sp³-hybridized carbons (Fsp3) is 0.182. The summed E-state index contributed by atoms with van der Waals surface area (Å²) in [6.45, 7) is 4.07. The SMILES string of the molecule is COc1cccc(Cc2ncc(C)c(Nc3ccc4[nH]c(C)cc4c3)n2)c1. The van der Waals surface area contributed by atoms with E-state index in [2.05, 4.69) is 52.5 Å². The van der Waals surface area contributed by atoms with Crippen LogP contribution in [0.25, 0.3) is 10.9 Å². The first-order chi connectivity index (χ1) is 13.1. The number of nitrogens with zero attached hydrogens (tertiary/aromatic N) is 2. The second-order valence-electron chi connectivity index (χ2n) is 6.73. The van der Waals surface area contributed by atoms with Crippen LogP contribution in [0.5, 0.6) is 5.75 Å². The Labute approximate surface area is 158 Å². The number of H-pyrrole nitrogens is 1. The van der Waals surface area contributed by atoms with E-state index >= 15 is 0 Å². The monoisotopic (exact) mass is 358 g/mol. The Kier molecular flexibility index (Phi) is 4.50. The number of hydrogen-bond acceptors (Lipinski definition) is 4. The minimum atomic E-state index is 0.655. The van der Waals surface area contributed by atoms with Crippen molar-refractivity contribution >= 4 is 22.4 Å². The zero-order chi connectivity index (χ0) is 18.8. The number of rotatable bonds is 5. The van der Waals surface area contributed by atoms with Gasteiger partial charge >= 0.3 is 0 Å². The van der Waals surface area contributed by atoms with Gasteiger partial charge in [-0.25, -0.2) is 9.97 Å². The molecule has 0 bridgehead atoms. The lowest BCUT2D eigenvalue weighted by Gasteiger charge is -2.11. The second-order valence-corrected chi connectivity index (χ2v) is 6.73. The molecule has 0 aliphatic heterocycles. The van der Waals surface area contributed by atoms with E-state index in [-0.39, 0.29) is 0 Å². The van der Waals surface area contributed by atoms with Gasteiger partial charge in [-0.1, -0.05) is 12.1 Å². The number of fused-ring (bicyclic) bond motifs is 1. The Morgan fingerprint density at radius 2 is 1.96 bits per heavy atom. The van der Waals surface area contributed by atoms with Crippen molar-refractivity contribution in [1.29, 1.82) is 0 Å². The minimum absolute atomic E-state index is 0.655. The maximum Gasteiger partial charge on any atom is 0.137 e. The molecule has 0 fully saturated rings. The van der Waals surface area contributed by atoms with Crippen molar-refractivity contribution in [1.82, 2.24) is 15.0 Å². The van der Waals surface area contributed by atoms with E-state index in [4.69, 9.17) is 9.72 Å². The van der Waals surface area contributed by atoms with Gasteiger partial charge in [-0.3, -0.25) is 0 Å². The van der Waals surface area contributed by atoms with E-state index in [1.807, 2.05) is 31.3 Å². The average molecular weight is 358 g/mol. The number of benzene rings is 2. The van der Waals surface area contributed by atoms with Crippen LogP contribution in [-0.4, -0.2) is 22.1 Å². The third-order valence-electron chi connectivity index (χ3n) is 4.54. The van der Waals surface area contributed by atoms with Gasteiger partial charge in [0.15, 0.2) is 0 Å². The molecular formula is C22H22N4O. The molecule has 0 spiro atoms. The van der Waals surface area contributed by atoms with Crippen molar-refractivity contribution < 1.29 is 4.74 Å². The summed E-state index contributed by atoms with van der Waals surface area (Å²) >= 11 is 0. The summed E-state index contributed by atoms with van der Waals surface area (Å²) in [6.07, 6.45) is 2.52. The Morgan fingerprint density at radius 1 is 1.07 bits per heavy atom. The molecule has 0 aliphatic carbocycles. The third kappa shape index (κ3) is 3.77. The zero-order valence-electron chi connectivity index (χ0n) is 15.7. The molecule has 0 amide bonds. The van der Waals surface area contributed by atoms with Gasteiger partial charge in [0.1, 0.15) is 17.4 Å². The number of aryl methyl sites for hydroxylation is 2. The molecule has 4 rings (SSSR count). The number of hydrogen-bond donors (Lipinski definition) is 2. The maximum absolute atomic E-state index is 5.30. The molecule has 0 saturated carbocycles. The van der Waals surface area contributed by atoms with Crippen LogP contribution in [0.15, 0.2) is 54.7 Å². The van der Waals surface area contributed by atoms with Crippen molar-refractivity contribution in [3.05, 3.63) is 77.4 Å². The Balaban J connectivity index is 1.59. The maximum atomic E-state index is 5.30. The summed E-state index contributed by atoms with van der Waals surface area (Å²) in [7, 11) is 1.67. The first kappa shape index (κ1) is 17.1. The molecule has 0 radical (unpaired) electrons. The largest absolute Gasteiger partial charge is 0.497 e. The first-order valence-corrected chi connectivity index (χ1v) is 8.92. The molecule has 2 aromatic carbocycles. The van der Waals surface area contributed by atoms with Crippen LogP contribution >= 0.6 is 0 Å². The quantitative estimate of drug-likeness (QED) is 0.532. The standard InChI is InChI=1S/C22H22N4O/c1-14-13-23-21(11-16-5-4-6-19(10-16)27-3)26-22(14)25-18-7-8-20-17(12-18)9-15(2)24-20/h4-10,12-13,24H,11H2,1-3H3,(H,23,25,26). The topological polar surface area (TPSA) is 62.8 Å². The van der Waals surface area contributed by atoms with Gasteiger partial charge in [-0.05, 0) is 55.8 Å². The van der Waals surface area contributed by atoms with E-state index in [0.29, 0.717) is 6.42 Å². The van der Waals surface area contributed by atoms with Crippen LogP contribution in [0, 0.1) is 13.8 Å². The number of nitrogens with one attached hydrogen (secondary N) is 2. The molecule has 5 nitrogen and oxygen atoms in total. The van der Waals surface area contributed by atoms with E-state index < -0.39 is 0 Å². The van der Waals surface area contributed by atoms with E-state index in [1.54, 1.807) is 7.11 Å². The first-order valence-electron chi connectivity index (χ1n) is 8.92. The average Bonchev–Trinajstić information content (AvgIpc) is 3.04. The van der Waals surface area contributed by atoms with E-state index in [9.17, 15) is 0 Å². The van der Waals surface area contributed by atoms with Gasteiger partial charge in [0.05, 0.1) is 7.11 Å². The van der Waals surface area contributed by atoms with Crippen LogP contribution in [-0.2, 0) is 6.42 Å². The predicted molar refractivity (Wildman–Crippen MR) is 109 cm³/mol. The number of ether oxygens (including phenoxy) is 1. The van der Waals surface area contributed by atoms with E-state index in [0.717, 1.165) is 45.4 Å². The Bertz CT molecular complexity index is 1100. The Morgan fingerprint density at radius 3 is 2.81 bits per heavy atom. The van der Waals surface area contributed by atoms with Crippen LogP contribution < -0.4 is 10.1 Å². The summed E-state index contributed by atoms with van der Waals surface area (Å²) in [5.41, 5.74) is 5.43. The molecule has 0 unspecified atom stereocenters. The van der Waals surface area contributed by atoms with Crippen LogP contribution in [0.4, 0.5) is 11.5 Å². The molecule has 0 aliphatic rings. The molecular weight excluding hydrogens is 336 g/mol. The lowest BCUT2D eigenvalue weighted by atomic mass is 10.1. The molecule has 136 valence electrons. The lowest BCUT2D eigenvalue weighted by Crippen LogP contribution is -2.03. The van der Waals surface area contributed by atoms with Gasteiger partial charge in [0.2, 0.25) is 0 Å². The van der Waals surface area contributed by atoms with Crippen molar-refractivity contribution in [3.8, 4) is 5.75 Å². The highest BCUT2D eigenvalue weighted by Crippen LogP contribution is 2.24. The summed E-state index contributed by atoms with van der Waals surface area (Å²) in [6, 6.07) is 16.4. The summed E-state index contributed by atoms with van der Waals surface area (Å²) in [5.74, 6) is 2.44. The minimum Gasteiger partial charge on any atom is -0.497 e. The molecule has 27 heavy (non-hydrogen) atoms. The summed E-state index contributed by atoms with van der Waals surface area (Å²) in [5, 5.41) is 4.61. The molecule has 5 heteroatoms. The number of anilines is 2. The normalized spacial score (nSPS) is 10.9. The predicted octanol–water partition coefficient (Wildman–Crippen LogP) is 4.92. The van der Waals surface area contributed by atoms with Crippen LogP contribution in [0.3, 0.4) is 0 Å². The number of aromatic amines is 1. The lowest BCUT2D eigenvalue weighted by molar-refractivity contribution is 0.414. The van der Waals surface area contributed by atoms with Gasteiger partial charge in [0, 0.05) is 40.5 Å². The molecule has 2 heterocycles. The van der Waals surface area contributed by atoms with Gasteiger partial charge < -0.3 is 15.0 Å². The number of methoxy groups -OCH3 is 1. The summed E-state index contributed by atoms with van der Waals surface area (Å²) < 4.78 is 5.30. The summed E-state index contributed by atoms with van der Waals surface area (Å²) in [4.78, 5) is 12.6. The Hall–Kier alpha value is -3.34. The highest BCUT2D eigenvalue weighted by molar-refractivity contribution is 5.84. The van der Waals surface area contributed by atoms with Crippen molar-refractivity contribution in [2.24, 2.45) is 0 Å². The second kappa shape index (κ2) is 7.11. The molecule has 2 aromatic heterocycles. The molecule has 0 saturated heterocycles. The zero-order valence-corrected chi connectivity index (χ0v) is 15.7. The molecule has 0 atom stereocenters. The van der Waals surface area contributed by atoms with Gasteiger partial charge in [-0.15, -0.1) is 0 Å². The van der Waals surface area contributed by atoms with Crippen molar-refractivity contribution in [3.63, 3.8) is 0 Å². The smallest absolute Gasteiger partial charge is 0.137 e. The highest BCUT2D eigenvalue weighted by atomic mass is 16.5. The number of aromatic nitrogens is 3. The fourth-order valence-electron chi connectivity index (χ4n) is 3.15. The van der Waals surface area contributed by atoms with Gasteiger partial charge in [-0.2, -0.15) is 0 Å². The highest BCUT2D eigenvalue weighted by Gasteiger charge is 2.07. The molecule has 4 aromatic rings. The fourth-order valence-corrected chi connectivity index (χ4v) is 3.15.